The fourth-order valence-electron chi connectivity index (χ4n) is 3.13. The number of carbonyl (C=O) groups is 3. The summed E-state index contributed by atoms with van der Waals surface area (Å²) in [6.45, 7) is 3.72. The van der Waals surface area contributed by atoms with Gasteiger partial charge < -0.3 is 10.1 Å². The number of benzene rings is 1. The van der Waals surface area contributed by atoms with E-state index in [0.717, 1.165) is 31.2 Å². The molecule has 3 amide bonds. The van der Waals surface area contributed by atoms with Gasteiger partial charge in [0.25, 0.3) is 11.8 Å². The van der Waals surface area contributed by atoms with Crippen molar-refractivity contribution in [1.29, 1.82) is 0 Å². The van der Waals surface area contributed by atoms with E-state index in [1.807, 2.05) is 38.1 Å². The molecule has 7 heteroatoms. The van der Waals surface area contributed by atoms with E-state index in [0.29, 0.717) is 5.75 Å². The van der Waals surface area contributed by atoms with E-state index in [1.54, 1.807) is 0 Å². The first-order valence-corrected chi connectivity index (χ1v) is 9.54. The minimum Gasteiger partial charge on any atom is -0.483 e. The first kappa shape index (κ1) is 20.7. The average Bonchev–Trinajstić information content (AvgIpc) is 2.69. The highest BCUT2D eigenvalue weighted by atomic mass is 16.5. The Hall–Kier alpha value is -2.57. The summed E-state index contributed by atoms with van der Waals surface area (Å²) in [6.07, 6.45) is 5.03. The van der Waals surface area contributed by atoms with Gasteiger partial charge in [0.2, 0.25) is 5.91 Å². The molecule has 0 unspecified atom stereocenters. The molecule has 1 aliphatic rings. The quantitative estimate of drug-likeness (QED) is 0.635. The summed E-state index contributed by atoms with van der Waals surface area (Å²) in [5.41, 5.74) is 5.58. The predicted molar refractivity (Wildman–Crippen MR) is 102 cm³/mol. The molecule has 1 aliphatic carbocycles. The van der Waals surface area contributed by atoms with E-state index >= 15 is 0 Å². The van der Waals surface area contributed by atoms with Crippen molar-refractivity contribution in [2.75, 3.05) is 13.2 Å². The van der Waals surface area contributed by atoms with Gasteiger partial charge in [0.15, 0.2) is 6.61 Å². The lowest BCUT2D eigenvalue weighted by Gasteiger charge is -2.20. The summed E-state index contributed by atoms with van der Waals surface area (Å²) in [7, 11) is 0. The van der Waals surface area contributed by atoms with Crippen LogP contribution in [-0.4, -0.2) is 30.9 Å². The van der Waals surface area contributed by atoms with Crippen LogP contribution in [0, 0.1) is 5.92 Å². The summed E-state index contributed by atoms with van der Waals surface area (Å²) in [4.78, 5) is 35.6. The van der Waals surface area contributed by atoms with Crippen LogP contribution in [0.1, 0.15) is 57.4 Å². The highest BCUT2D eigenvalue weighted by Crippen LogP contribution is 2.25. The molecule has 0 radical (unpaired) electrons. The molecule has 0 bridgehead atoms. The van der Waals surface area contributed by atoms with Gasteiger partial charge in [-0.15, -0.1) is 0 Å². The molecule has 0 spiro atoms. The molecule has 3 N–H and O–H groups in total. The number of nitrogens with one attached hydrogen (secondary N) is 3. The topological polar surface area (TPSA) is 96.5 Å². The van der Waals surface area contributed by atoms with Crippen LogP contribution in [0.2, 0.25) is 0 Å². The zero-order valence-electron chi connectivity index (χ0n) is 16.0. The Balaban J connectivity index is 1.66. The van der Waals surface area contributed by atoms with Crippen molar-refractivity contribution in [3.8, 4) is 5.75 Å². The fraction of sp³-hybridized carbons (Fsp3) is 0.550. The lowest BCUT2D eigenvalue weighted by Crippen LogP contribution is -2.48. The standard InChI is InChI=1S/C20H29N3O4/c1-14(2)16-10-6-7-11-17(16)27-13-19(25)23-22-18(24)12-21-20(26)15-8-4-3-5-9-15/h6-7,10-11,14-15H,3-5,8-9,12-13H2,1-2H3,(H,21,26)(H,22,24)(H,23,25). The maximum Gasteiger partial charge on any atom is 0.276 e. The van der Waals surface area contributed by atoms with E-state index in [9.17, 15) is 14.4 Å². The van der Waals surface area contributed by atoms with E-state index in [1.165, 1.54) is 6.42 Å². The second-order valence-electron chi connectivity index (χ2n) is 7.13. The smallest absolute Gasteiger partial charge is 0.276 e. The lowest BCUT2D eigenvalue weighted by molar-refractivity contribution is -0.131. The van der Waals surface area contributed by atoms with Gasteiger partial charge >= 0.3 is 0 Å². The average molecular weight is 375 g/mol. The second-order valence-corrected chi connectivity index (χ2v) is 7.13. The number of rotatable bonds is 7. The number of ether oxygens (including phenoxy) is 1. The van der Waals surface area contributed by atoms with Crippen LogP contribution in [0.25, 0.3) is 0 Å². The molecule has 148 valence electrons. The van der Waals surface area contributed by atoms with Gasteiger partial charge in [0.05, 0.1) is 6.54 Å². The predicted octanol–water partition coefficient (Wildman–Crippen LogP) is 2.03. The van der Waals surface area contributed by atoms with Crippen molar-refractivity contribution < 1.29 is 19.1 Å². The van der Waals surface area contributed by atoms with Crippen molar-refractivity contribution in [3.63, 3.8) is 0 Å². The molecule has 7 nitrogen and oxygen atoms in total. The van der Waals surface area contributed by atoms with Crippen LogP contribution in [0.4, 0.5) is 0 Å². The van der Waals surface area contributed by atoms with Gasteiger partial charge in [-0.25, -0.2) is 0 Å². The number of hydrazine groups is 1. The number of amides is 3. The highest BCUT2D eigenvalue weighted by molar-refractivity contribution is 5.87. The Morgan fingerprint density at radius 1 is 1.04 bits per heavy atom. The molecule has 0 atom stereocenters. The van der Waals surface area contributed by atoms with E-state index < -0.39 is 11.8 Å². The maximum absolute atomic E-state index is 12.0. The summed E-state index contributed by atoms with van der Waals surface area (Å²) < 4.78 is 5.54. The van der Waals surface area contributed by atoms with Crippen LogP contribution in [0.15, 0.2) is 24.3 Å². The molecule has 0 aromatic heterocycles. The number of hydrogen-bond acceptors (Lipinski definition) is 4. The van der Waals surface area contributed by atoms with Crippen molar-refractivity contribution >= 4 is 17.7 Å². The first-order chi connectivity index (χ1) is 13.0. The molecule has 1 aromatic rings. The normalized spacial score (nSPS) is 14.5. The summed E-state index contributed by atoms with van der Waals surface area (Å²) >= 11 is 0. The minimum atomic E-state index is -0.477. The third-order valence-electron chi connectivity index (χ3n) is 4.64. The SMILES string of the molecule is CC(C)c1ccccc1OCC(=O)NNC(=O)CNC(=O)C1CCCCC1. The monoisotopic (exact) mass is 375 g/mol. The zero-order chi connectivity index (χ0) is 19.6. The van der Waals surface area contributed by atoms with Crippen LogP contribution in [0.5, 0.6) is 5.75 Å². The first-order valence-electron chi connectivity index (χ1n) is 9.54. The molecule has 0 aliphatic heterocycles. The van der Waals surface area contributed by atoms with Gasteiger partial charge in [-0.1, -0.05) is 51.3 Å². The van der Waals surface area contributed by atoms with Gasteiger partial charge in [0, 0.05) is 5.92 Å². The molecule has 0 heterocycles. The molecular formula is C20H29N3O4. The Morgan fingerprint density at radius 2 is 1.70 bits per heavy atom. The molecule has 0 saturated heterocycles. The van der Waals surface area contributed by atoms with Gasteiger partial charge in [-0.05, 0) is 30.4 Å². The third kappa shape index (κ3) is 6.92. The van der Waals surface area contributed by atoms with Gasteiger partial charge in [-0.2, -0.15) is 0 Å². The van der Waals surface area contributed by atoms with Gasteiger partial charge in [0.1, 0.15) is 5.75 Å². The molecule has 27 heavy (non-hydrogen) atoms. The number of carbonyl (C=O) groups excluding carboxylic acids is 3. The van der Waals surface area contributed by atoms with E-state index in [4.69, 9.17) is 4.74 Å². The van der Waals surface area contributed by atoms with E-state index in [2.05, 4.69) is 16.2 Å². The fourth-order valence-corrected chi connectivity index (χ4v) is 3.13. The molecular weight excluding hydrogens is 346 g/mol. The second kappa shape index (κ2) is 10.5. The third-order valence-corrected chi connectivity index (χ3v) is 4.64. The Bertz CT molecular complexity index is 654. The van der Waals surface area contributed by atoms with E-state index in [-0.39, 0.29) is 30.9 Å². The summed E-state index contributed by atoms with van der Waals surface area (Å²) in [6, 6.07) is 7.52. The largest absolute Gasteiger partial charge is 0.483 e. The Labute approximate surface area is 160 Å². The minimum absolute atomic E-state index is 0.00410. The van der Waals surface area contributed by atoms with Crippen LogP contribution >= 0.6 is 0 Å². The maximum atomic E-state index is 12.0. The van der Waals surface area contributed by atoms with Crippen LogP contribution in [-0.2, 0) is 14.4 Å². The van der Waals surface area contributed by atoms with Crippen LogP contribution in [0.3, 0.4) is 0 Å². The lowest BCUT2D eigenvalue weighted by atomic mass is 9.89. The molecule has 1 saturated carbocycles. The molecule has 1 fully saturated rings. The van der Waals surface area contributed by atoms with Crippen molar-refractivity contribution in [3.05, 3.63) is 29.8 Å². The van der Waals surface area contributed by atoms with Crippen molar-refractivity contribution in [1.82, 2.24) is 16.2 Å². The molecule has 2 rings (SSSR count). The van der Waals surface area contributed by atoms with Crippen molar-refractivity contribution in [2.24, 2.45) is 5.92 Å². The number of para-hydroxylation sites is 1. The van der Waals surface area contributed by atoms with Gasteiger partial charge in [-0.3, -0.25) is 25.2 Å². The van der Waals surface area contributed by atoms with Crippen LogP contribution < -0.4 is 20.9 Å². The summed E-state index contributed by atoms with van der Waals surface area (Å²) in [5.74, 6) is -0.124. The zero-order valence-corrected chi connectivity index (χ0v) is 16.0. The number of hydrogen-bond donors (Lipinski definition) is 3. The van der Waals surface area contributed by atoms with Crippen molar-refractivity contribution in [2.45, 2.75) is 51.9 Å². The Morgan fingerprint density at radius 3 is 2.41 bits per heavy atom. The summed E-state index contributed by atoms with van der Waals surface area (Å²) in [5, 5.41) is 2.62. The highest BCUT2D eigenvalue weighted by Gasteiger charge is 2.21. The Kier molecular flexibility index (Phi) is 8.10. The molecule has 1 aromatic carbocycles.